The highest BCUT2D eigenvalue weighted by Crippen LogP contribution is 2.30. The first-order valence-electron chi connectivity index (χ1n) is 6.62. The number of hydrogen-bond donors (Lipinski definition) is 1. The lowest BCUT2D eigenvalue weighted by atomic mass is 9.81. The monoisotopic (exact) mass is 248 g/mol. The Morgan fingerprint density at radius 3 is 2.78 bits per heavy atom. The molecule has 1 aromatic rings. The molecule has 0 saturated heterocycles. The van der Waals surface area contributed by atoms with Crippen molar-refractivity contribution in [2.75, 3.05) is 0 Å². The van der Waals surface area contributed by atoms with Gasteiger partial charge in [0, 0.05) is 24.2 Å². The molecule has 0 aromatic heterocycles. The summed E-state index contributed by atoms with van der Waals surface area (Å²) in [5.74, 6) is 0.859. The number of rotatable bonds is 6. The molecule has 0 spiro atoms. The van der Waals surface area contributed by atoms with Crippen molar-refractivity contribution in [3.8, 4) is 0 Å². The number of para-hydroxylation sites is 1. The van der Waals surface area contributed by atoms with Crippen molar-refractivity contribution < 1.29 is 4.92 Å². The molecule has 1 saturated carbocycles. The zero-order valence-electron chi connectivity index (χ0n) is 10.8. The normalized spacial score (nSPS) is 17.2. The maximum atomic E-state index is 10.9. The molecule has 1 unspecified atom stereocenters. The van der Waals surface area contributed by atoms with Gasteiger partial charge in [0.05, 0.1) is 4.92 Å². The first-order valence-corrected chi connectivity index (χ1v) is 6.62. The smallest absolute Gasteiger partial charge is 0.273 e. The summed E-state index contributed by atoms with van der Waals surface area (Å²) in [5, 5.41) is 14.3. The zero-order chi connectivity index (χ0) is 13.0. The minimum absolute atomic E-state index is 0.209. The molecule has 98 valence electrons. The third kappa shape index (κ3) is 3.29. The molecule has 1 fully saturated rings. The summed E-state index contributed by atoms with van der Waals surface area (Å²) >= 11 is 0. The molecule has 4 nitrogen and oxygen atoms in total. The highest BCUT2D eigenvalue weighted by Gasteiger charge is 2.20. The second kappa shape index (κ2) is 5.96. The number of hydrogen-bond acceptors (Lipinski definition) is 3. The summed E-state index contributed by atoms with van der Waals surface area (Å²) < 4.78 is 0. The van der Waals surface area contributed by atoms with Crippen molar-refractivity contribution >= 4 is 5.69 Å². The Balaban J connectivity index is 1.86. The number of nitrogens with zero attached hydrogens (tertiary/aromatic N) is 1. The van der Waals surface area contributed by atoms with Crippen LogP contribution < -0.4 is 5.32 Å². The van der Waals surface area contributed by atoms with Gasteiger partial charge >= 0.3 is 0 Å². The standard InChI is InChI=1S/C14H20N2O2/c1-11(9-12-5-4-6-12)15-10-13-7-2-3-8-14(13)16(17)18/h2-3,7-8,11-12,15H,4-6,9-10H2,1H3. The molecule has 0 radical (unpaired) electrons. The molecule has 1 aromatic carbocycles. The van der Waals surface area contributed by atoms with Gasteiger partial charge in [-0.3, -0.25) is 10.1 Å². The van der Waals surface area contributed by atoms with E-state index in [2.05, 4.69) is 12.2 Å². The Labute approximate surface area is 108 Å². The van der Waals surface area contributed by atoms with Crippen LogP contribution in [-0.2, 0) is 6.54 Å². The molecule has 4 heteroatoms. The van der Waals surface area contributed by atoms with Crippen LogP contribution in [0.4, 0.5) is 5.69 Å². The summed E-state index contributed by atoms with van der Waals surface area (Å²) in [4.78, 5) is 10.6. The van der Waals surface area contributed by atoms with Crippen LogP contribution in [0.15, 0.2) is 24.3 Å². The van der Waals surface area contributed by atoms with Gasteiger partial charge in [-0.05, 0) is 19.3 Å². The fourth-order valence-corrected chi connectivity index (χ4v) is 2.43. The average molecular weight is 248 g/mol. The Bertz CT molecular complexity index is 416. The lowest BCUT2D eigenvalue weighted by Gasteiger charge is -2.28. The predicted molar refractivity (Wildman–Crippen MR) is 71.4 cm³/mol. The second-order valence-corrected chi connectivity index (χ2v) is 5.20. The van der Waals surface area contributed by atoms with Gasteiger partial charge in [-0.15, -0.1) is 0 Å². The molecular weight excluding hydrogens is 228 g/mol. The van der Waals surface area contributed by atoms with E-state index < -0.39 is 0 Å². The van der Waals surface area contributed by atoms with E-state index in [1.54, 1.807) is 12.1 Å². The first kappa shape index (κ1) is 13.0. The first-order chi connectivity index (χ1) is 8.66. The lowest BCUT2D eigenvalue weighted by Crippen LogP contribution is -2.30. The van der Waals surface area contributed by atoms with Gasteiger partial charge in [-0.2, -0.15) is 0 Å². The molecule has 0 aliphatic heterocycles. The summed E-state index contributed by atoms with van der Waals surface area (Å²) in [5.41, 5.74) is 0.976. The van der Waals surface area contributed by atoms with E-state index in [1.165, 1.54) is 25.7 Å². The lowest BCUT2D eigenvalue weighted by molar-refractivity contribution is -0.385. The van der Waals surface area contributed by atoms with Gasteiger partial charge < -0.3 is 5.32 Å². The van der Waals surface area contributed by atoms with E-state index in [9.17, 15) is 10.1 Å². The molecule has 0 amide bonds. The Hall–Kier alpha value is -1.42. The van der Waals surface area contributed by atoms with E-state index in [-0.39, 0.29) is 10.6 Å². The van der Waals surface area contributed by atoms with E-state index in [1.807, 2.05) is 12.1 Å². The maximum Gasteiger partial charge on any atom is 0.273 e. The van der Waals surface area contributed by atoms with Crippen LogP contribution in [0.2, 0.25) is 0 Å². The molecule has 1 N–H and O–H groups in total. The van der Waals surface area contributed by atoms with Gasteiger partial charge in [0.1, 0.15) is 0 Å². The molecule has 0 bridgehead atoms. The molecule has 2 rings (SSSR count). The largest absolute Gasteiger partial charge is 0.310 e. The summed E-state index contributed by atoms with van der Waals surface area (Å²) in [7, 11) is 0. The van der Waals surface area contributed by atoms with E-state index in [0.29, 0.717) is 12.6 Å². The minimum atomic E-state index is -0.312. The average Bonchev–Trinajstić information content (AvgIpc) is 2.31. The van der Waals surface area contributed by atoms with Gasteiger partial charge in [0.15, 0.2) is 0 Å². The Morgan fingerprint density at radius 1 is 1.44 bits per heavy atom. The number of nitro benzene ring substituents is 1. The summed E-state index contributed by atoms with van der Waals surface area (Å²) in [6, 6.07) is 7.37. The van der Waals surface area contributed by atoms with Crippen molar-refractivity contribution in [3.63, 3.8) is 0 Å². The van der Waals surface area contributed by atoms with E-state index >= 15 is 0 Å². The predicted octanol–water partition coefficient (Wildman–Crippen LogP) is 3.26. The van der Waals surface area contributed by atoms with Crippen LogP contribution in [0.3, 0.4) is 0 Å². The quantitative estimate of drug-likeness (QED) is 0.621. The summed E-state index contributed by atoms with van der Waals surface area (Å²) in [6.45, 7) is 2.73. The maximum absolute atomic E-state index is 10.9. The molecule has 18 heavy (non-hydrogen) atoms. The number of benzene rings is 1. The van der Waals surface area contributed by atoms with Gasteiger partial charge in [-0.1, -0.05) is 37.5 Å². The van der Waals surface area contributed by atoms with Crippen molar-refractivity contribution in [2.24, 2.45) is 5.92 Å². The highest BCUT2D eigenvalue weighted by atomic mass is 16.6. The van der Waals surface area contributed by atoms with Gasteiger partial charge in [0.2, 0.25) is 0 Å². The second-order valence-electron chi connectivity index (χ2n) is 5.20. The van der Waals surface area contributed by atoms with Crippen LogP contribution in [-0.4, -0.2) is 11.0 Å². The van der Waals surface area contributed by atoms with Crippen molar-refractivity contribution in [1.82, 2.24) is 5.32 Å². The molecule has 1 aliphatic carbocycles. The van der Waals surface area contributed by atoms with Crippen molar-refractivity contribution in [2.45, 2.75) is 45.2 Å². The molecule has 0 heterocycles. The summed E-state index contributed by atoms with van der Waals surface area (Å²) in [6.07, 6.45) is 5.23. The fraction of sp³-hybridized carbons (Fsp3) is 0.571. The van der Waals surface area contributed by atoms with Crippen LogP contribution in [0.5, 0.6) is 0 Å². The SMILES string of the molecule is CC(CC1CCC1)NCc1ccccc1[N+](=O)[O-]. The van der Waals surface area contributed by atoms with Crippen LogP contribution in [0, 0.1) is 16.0 Å². The third-order valence-corrected chi connectivity index (χ3v) is 3.74. The topological polar surface area (TPSA) is 55.2 Å². The number of nitrogens with one attached hydrogen (secondary N) is 1. The van der Waals surface area contributed by atoms with Crippen LogP contribution in [0.25, 0.3) is 0 Å². The Morgan fingerprint density at radius 2 is 2.17 bits per heavy atom. The van der Waals surface area contributed by atoms with E-state index in [4.69, 9.17) is 0 Å². The fourth-order valence-electron chi connectivity index (χ4n) is 2.43. The van der Waals surface area contributed by atoms with E-state index in [0.717, 1.165) is 11.5 Å². The van der Waals surface area contributed by atoms with Crippen molar-refractivity contribution in [3.05, 3.63) is 39.9 Å². The van der Waals surface area contributed by atoms with Gasteiger partial charge in [-0.25, -0.2) is 0 Å². The highest BCUT2D eigenvalue weighted by molar-refractivity contribution is 5.39. The third-order valence-electron chi connectivity index (χ3n) is 3.74. The Kier molecular flexibility index (Phi) is 4.31. The van der Waals surface area contributed by atoms with Crippen LogP contribution >= 0.6 is 0 Å². The zero-order valence-corrected chi connectivity index (χ0v) is 10.8. The van der Waals surface area contributed by atoms with Crippen molar-refractivity contribution in [1.29, 1.82) is 0 Å². The molecular formula is C14H20N2O2. The number of nitro groups is 1. The molecule has 1 aliphatic rings. The van der Waals surface area contributed by atoms with Gasteiger partial charge in [0.25, 0.3) is 5.69 Å². The minimum Gasteiger partial charge on any atom is -0.310 e. The molecule has 1 atom stereocenters. The van der Waals surface area contributed by atoms with Crippen LogP contribution in [0.1, 0.15) is 38.2 Å².